The van der Waals surface area contributed by atoms with Crippen molar-refractivity contribution in [3.8, 4) is 22.5 Å². The highest BCUT2D eigenvalue weighted by atomic mass is 15.5. The molecule has 2 aromatic carbocycles. The molecule has 0 fully saturated rings. The third kappa shape index (κ3) is 3.99. The lowest BCUT2D eigenvalue weighted by atomic mass is 9.98. The molecule has 2 aromatic heterocycles. The number of rotatable bonds is 7. The minimum atomic E-state index is -0.131. The van der Waals surface area contributed by atoms with E-state index in [-0.39, 0.29) is 12.0 Å². The van der Waals surface area contributed by atoms with Gasteiger partial charge in [0.05, 0.1) is 12.6 Å². The maximum absolute atomic E-state index is 6.15. The predicted octanol–water partition coefficient (Wildman–Crippen LogP) is 3.71. The van der Waals surface area contributed by atoms with Crippen molar-refractivity contribution in [1.82, 2.24) is 35.4 Å². The molecular weight excluding hydrogens is 376 g/mol. The molecule has 2 heterocycles. The van der Waals surface area contributed by atoms with Gasteiger partial charge in [-0.2, -0.15) is 5.10 Å². The zero-order valence-corrected chi connectivity index (χ0v) is 17.4. The number of hydrogen-bond donors (Lipinski definition) is 2. The number of nitrogens with two attached hydrogens (primary N) is 1. The lowest BCUT2D eigenvalue weighted by molar-refractivity contribution is 0.590. The lowest BCUT2D eigenvalue weighted by Gasteiger charge is -2.10. The van der Waals surface area contributed by atoms with Crippen LogP contribution in [-0.2, 0) is 6.54 Å². The van der Waals surface area contributed by atoms with Crippen LogP contribution in [0.3, 0.4) is 0 Å². The average molecular weight is 403 g/mol. The Morgan fingerprint density at radius 1 is 1.03 bits per heavy atom. The Bertz CT molecular complexity index is 1100. The monoisotopic (exact) mass is 402 g/mol. The Labute approximate surface area is 175 Å². The predicted molar refractivity (Wildman–Crippen MR) is 115 cm³/mol. The fourth-order valence-corrected chi connectivity index (χ4v) is 3.43. The normalized spacial score (nSPS) is 12.4. The molecule has 1 atom stereocenters. The summed E-state index contributed by atoms with van der Waals surface area (Å²) in [5, 5.41) is 19.0. The van der Waals surface area contributed by atoms with E-state index in [9.17, 15) is 0 Å². The molecular formula is C22H26N8. The Morgan fingerprint density at radius 2 is 1.77 bits per heavy atom. The van der Waals surface area contributed by atoms with E-state index in [2.05, 4.69) is 74.9 Å². The number of tetrazole rings is 1. The van der Waals surface area contributed by atoms with E-state index < -0.39 is 0 Å². The van der Waals surface area contributed by atoms with Crippen LogP contribution in [0.1, 0.15) is 56.4 Å². The highest BCUT2D eigenvalue weighted by Crippen LogP contribution is 2.30. The molecule has 0 aliphatic rings. The summed E-state index contributed by atoms with van der Waals surface area (Å²) in [5.74, 6) is 2.60. The summed E-state index contributed by atoms with van der Waals surface area (Å²) >= 11 is 0. The molecule has 1 unspecified atom stereocenters. The quantitative estimate of drug-likeness (QED) is 0.487. The van der Waals surface area contributed by atoms with Crippen molar-refractivity contribution in [2.45, 2.75) is 45.7 Å². The van der Waals surface area contributed by atoms with Gasteiger partial charge in [0.15, 0.2) is 11.6 Å². The summed E-state index contributed by atoms with van der Waals surface area (Å²) in [6.07, 6.45) is 0.816. The van der Waals surface area contributed by atoms with Crippen LogP contribution in [0.25, 0.3) is 22.5 Å². The molecule has 4 rings (SSSR count). The van der Waals surface area contributed by atoms with Crippen molar-refractivity contribution in [1.29, 1.82) is 0 Å². The summed E-state index contributed by atoms with van der Waals surface area (Å²) < 4.78 is 1.97. The molecule has 3 N–H and O–H groups in total. The topological polar surface area (TPSA) is 111 Å². The Hall–Kier alpha value is -3.39. The molecule has 0 bridgehead atoms. The standard InChI is InChI=1S/C22H26N8/c1-4-19(23)21-24-22(14(2)3)30(27-21)13-15-9-11-16(12-10-15)17-7-5-6-8-18(17)20-25-28-29-26-20/h5-12,14,19H,4,13,23H2,1-3H3,(H,25,26,28,29). The largest absolute Gasteiger partial charge is 0.321 e. The first kappa shape index (κ1) is 19.9. The molecule has 0 aliphatic heterocycles. The number of aromatic amines is 1. The van der Waals surface area contributed by atoms with Crippen molar-refractivity contribution in [3.63, 3.8) is 0 Å². The summed E-state index contributed by atoms with van der Waals surface area (Å²) in [4.78, 5) is 4.69. The Kier molecular flexibility index (Phi) is 5.67. The van der Waals surface area contributed by atoms with Gasteiger partial charge in [-0.3, -0.25) is 0 Å². The lowest BCUT2D eigenvalue weighted by Crippen LogP contribution is -2.11. The minimum absolute atomic E-state index is 0.131. The second-order valence-electron chi connectivity index (χ2n) is 7.65. The number of H-pyrrole nitrogens is 1. The van der Waals surface area contributed by atoms with Gasteiger partial charge in [0, 0.05) is 11.5 Å². The molecule has 0 amide bonds. The fourth-order valence-electron chi connectivity index (χ4n) is 3.43. The van der Waals surface area contributed by atoms with E-state index in [1.54, 1.807) is 0 Å². The van der Waals surface area contributed by atoms with Crippen molar-refractivity contribution in [3.05, 3.63) is 65.7 Å². The van der Waals surface area contributed by atoms with Crippen LogP contribution in [0.15, 0.2) is 48.5 Å². The molecule has 0 radical (unpaired) electrons. The first-order chi connectivity index (χ1) is 14.6. The summed E-state index contributed by atoms with van der Waals surface area (Å²) in [6, 6.07) is 16.4. The average Bonchev–Trinajstić information content (AvgIpc) is 3.44. The van der Waals surface area contributed by atoms with Gasteiger partial charge in [0.2, 0.25) is 0 Å². The highest BCUT2D eigenvalue weighted by Gasteiger charge is 2.17. The number of aromatic nitrogens is 7. The van der Waals surface area contributed by atoms with Gasteiger partial charge in [-0.05, 0) is 33.5 Å². The maximum atomic E-state index is 6.15. The van der Waals surface area contributed by atoms with E-state index in [1.165, 1.54) is 0 Å². The number of nitrogens with one attached hydrogen (secondary N) is 1. The fraction of sp³-hybridized carbons (Fsp3) is 0.318. The second-order valence-corrected chi connectivity index (χ2v) is 7.65. The van der Waals surface area contributed by atoms with Crippen LogP contribution >= 0.6 is 0 Å². The van der Waals surface area contributed by atoms with Crippen LogP contribution in [0.2, 0.25) is 0 Å². The zero-order chi connectivity index (χ0) is 21.1. The first-order valence-electron chi connectivity index (χ1n) is 10.2. The molecule has 154 valence electrons. The van der Waals surface area contributed by atoms with E-state index in [0.29, 0.717) is 18.2 Å². The maximum Gasteiger partial charge on any atom is 0.180 e. The van der Waals surface area contributed by atoms with E-state index in [0.717, 1.165) is 34.5 Å². The number of nitrogens with zero attached hydrogens (tertiary/aromatic N) is 6. The summed E-state index contributed by atoms with van der Waals surface area (Å²) in [7, 11) is 0. The SMILES string of the molecule is CCC(N)c1nc(C(C)C)n(Cc2ccc(-c3ccccc3-c3nnn[nH]3)cc2)n1. The third-order valence-corrected chi connectivity index (χ3v) is 5.13. The van der Waals surface area contributed by atoms with Gasteiger partial charge in [-0.25, -0.2) is 14.8 Å². The van der Waals surface area contributed by atoms with E-state index in [1.807, 2.05) is 29.8 Å². The highest BCUT2D eigenvalue weighted by molar-refractivity contribution is 5.80. The molecule has 0 spiro atoms. The van der Waals surface area contributed by atoms with Gasteiger partial charge >= 0.3 is 0 Å². The van der Waals surface area contributed by atoms with Crippen LogP contribution in [0.5, 0.6) is 0 Å². The number of benzene rings is 2. The molecule has 8 heteroatoms. The molecule has 0 saturated carbocycles. The minimum Gasteiger partial charge on any atom is -0.321 e. The van der Waals surface area contributed by atoms with E-state index >= 15 is 0 Å². The Morgan fingerprint density at radius 3 is 2.40 bits per heavy atom. The van der Waals surface area contributed by atoms with Gasteiger partial charge in [-0.15, -0.1) is 5.10 Å². The second kappa shape index (κ2) is 8.54. The molecule has 8 nitrogen and oxygen atoms in total. The van der Waals surface area contributed by atoms with Crippen molar-refractivity contribution >= 4 is 0 Å². The van der Waals surface area contributed by atoms with Crippen LogP contribution in [0, 0.1) is 0 Å². The molecule has 0 saturated heterocycles. The molecule has 30 heavy (non-hydrogen) atoms. The summed E-state index contributed by atoms with van der Waals surface area (Å²) in [5.41, 5.74) is 10.4. The van der Waals surface area contributed by atoms with Crippen LogP contribution < -0.4 is 5.73 Å². The van der Waals surface area contributed by atoms with Gasteiger partial charge in [0.1, 0.15) is 5.82 Å². The van der Waals surface area contributed by atoms with Crippen LogP contribution in [0.4, 0.5) is 0 Å². The first-order valence-corrected chi connectivity index (χ1v) is 10.2. The smallest absolute Gasteiger partial charge is 0.180 e. The molecule has 0 aliphatic carbocycles. The third-order valence-electron chi connectivity index (χ3n) is 5.13. The van der Waals surface area contributed by atoms with Gasteiger partial charge in [-0.1, -0.05) is 69.3 Å². The Balaban J connectivity index is 1.61. The van der Waals surface area contributed by atoms with Crippen molar-refractivity contribution < 1.29 is 0 Å². The van der Waals surface area contributed by atoms with E-state index in [4.69, 9.17) is 5.73 Å². The van der Waals surface area contributed by atoms with Crippen molar-refractivity contribution in [2.24, 2.45) is 5.73 Å². The number of hydrogen-bond acceptors (Lipinski definition) is 6. The van der Waals surface area contributed by atoms with Crippen LogP contribution in [-0.4, -0.2) is 35.4 Å². The summed E-state index contributed by atoms with van der Waals surface area (Å²) in [6.45, 7) is 6.96. The zero-order valence-electron chi connectivity index (χ0n) is 17.4. The molecule has 4 aromatic rings. The van der Waals surface area contributed by atoms with Gasteiger partial charge < -0.3 is 5.73 Å². The van der Waals surface area contributed by atoms with Crippen molar-refractivity contribution in [2.75, 3.05) is 0 Å². The van der Waals surface area contributed by atoms with Gasteiger partial charge in [0.25, 0.3) is 0 Å².